The second-order valence-electron chi connectivity index (χ2n) is 3.66. The van der Waals surface area contributed by atoms with Crippen LogP contribution in [0.25, 0.3) is 0 Å². The Bertz CT molecular complexity index is 548. The predicted octanol–water partition coefficient (Wildman–Crippen LogP) is 4.62. The van der Waals surface area contributed by atoms with Gasteiger partial charge in [0, 0.05) is 11.8 Å². The molecule has 0 unspecified atom stereocenters. The van der Waals surface area contributed by atoms with Crippen molar-refractivity contribution in [3.63, 3.8) is 0 Å². The molecule has 5 heteroatoms. The lowest BCUT2D eigenvalue weighted by Crippen LogP contribution is -1.96. The average molecular weight is 286 g/mol. The number of benzene rings is 2. The summed E-state index contributed by atoms with van der Waals surface area (Å²) >= 11 is 11.5. The van der Waals surface area contributed by atoms with Crippen LogP contribution >= 0.6 is 23.4 Å². The van der Waals surface area contributed by atoms with Gasteiger partial charge in [-0.05, 0) is 35.9 Å². The van der Waals surface area contributed by atoms with E-state index in [1.807, 2.05) is 0 Å². The number of hydrogen-bond acceptors (Lipinski definition) is 2. The Morgan fingerprint density at radius 3 is 2.67 bits per heavy atom. The maximum absolute atomic E-state index is 13.0. The Balaban J connectivity index is 2.06. The first-order valence-corrected chi connectivity index (χ1v) is 5.98. The molecule has 0 aliphatic heterocycles. The molecular formula is C13H10Cl2FNO. The maximum atomic E-state index is 13.0. The number of ether oxygens (including phenoxy) is 1. The van der Waals surface area contributed by atoms with E-state index in [0.29, 0.717) is 16.5 Å². The monoisotopic (exact) mass is 285 g/mol. The molecule has 1 N–H and O–H groups in total. The van der Waals surface area contributed by atoms with Gasteiger partial charge in [0.25, 0.3) is 0 Å². The molecule has 0 fully saturated rings. The van der Waals surface area contributed by atoms with Crippen molar-refractivity contribution in [3.05, 3.63) is 58.9 Å². The van der Waals surface area contributed by atoms with E-state index in [2.05, 4.69) is 4.84 Å². The molecule has 0 saturated heterocycles. The number of anilines is 1. The van der Waals surface area contributed by atoms with Gasteiger partial charge in [0.1, 0.15) is 18.2 Å². The number of rotatable bonds is 4. The smallest absolute Gasteiger partial charge is 0.138 e. The van der Waals surface area contributed by atoms with Crippen LogP contribution in [0.5, 0.6) is 5.75 Å². The highest BCUT2D eigenvalue weighted by molar-refractivity contribution is 6.32. The minimum Gasteiger partial charge on any atom is -0.487 e. The van der Waals surface area contributed by atoms with Gasteiger partial charge in [-0.15, -0.1) is 0 Å². The first-order chi connectivity index (χ1) is 8.69. The van der Waals surface area contributed by atoms with E-state index in [1.54, 1.807) is 30.3 Å². The number of hydrogen-bond donors (Lipinski definition) is 1. The van der Waals surface area contributed by atoms with Gasteiger partial charge in [-0.2, -0.15) is 0 Å². The van der Waals surface area contributed by atoms with E-state index >= 15 is 0 Å². The van der Waals surface area contributed by atoms with Gasteiger partial charge in [-0.3, -0.25) is 4.84 Å². The SMILES string of the molecule is Fc1cccc(COc2ccc(NCl)cc2Cl)c1. The van der Waals surface area contributed by atoms with Crippen molar-refractivity contribution in [2.75, 3.05) is 4.84 Å². The van der Waals surface area contributed by atoms with Crippen molar-refractivity contribution >= 4 is 29.1 Å². The van der Waals surface area contributed by atoms with Crippen molar-refractivity contribution < 1.29 is 9.13 Å². The zero-order valence-electron chi connectivity index (χ0n) is 9.29. The predicted molar refractivity (Wildman–Crippen MR) is 71.7 cm³/mol. The molecule has 2 rings (SSSR count). The third-order valence-corrected chi connectivity index (χ3v) is 2.84. The first kappa shape index (κ1) is 13.0. The van der Waals surface area contributed by atoms with E-state index in [1.165, 1.54) is 12.1 Å². The quantitative estimate of drug-likeness (QED) is 0.828. The first-order valence-electron chi connectivity index (χ1n) is 5.22. The van der Waals surface area contributed by atoms with E-state index < -0.39 is 0 Å². The highest BCUT2D eigenvalue weighted by atomic mass is 35.5. The molecule has 2 aromatic rings. The van der Waals surface area contributed by atoms with Gasteiger partial charge >= 0.3 is 0 Å². The van der Waals surface area contributed by atoms with Crippen LogP contribution in [-0.2, 0) is 6.61 Å². The van der Waals surface area contributed by atoms with Gasteiger partial charge < -0.3 is 4.74 Å². The fourth-order valence-corrected chi connectivity index (χ4v) is 1.82. The zero-order valence-corrected chi connectivity index (χ0v) is 10.8. The molecule has 0 bridgehead atoms. The van der Waals surface area contributed by atoms with Crippen LogP contribution in [0, 0.1) is 5.82 Å². The van der Waals surface area contributed by atoms with Gasteiger partial charge in [-0.1, -0.05) is 23.7 Å². The lowest BCUT2D eigenvalue weighted by molar-refractivity contribution is 0.306. The topological polar surface area (TPSA) is 21.3 Å². The molecule has 0 atom stereocenters. The van der Waals surface area contributed by atoms with E-state index in [4.69, 9.17) is 28.1 Å². The molecule has 18 heavy (non-hydrogen) atoms. The van der Waals surface area contributed by atoms with E-state index in [0.717, 1.165) is 5.56 Å². The van der Waals surface area contributed by atoms with Gasteiger partial charge in [0.15, 0.2) is 0 Å². The average Bonchev–Trinajstić information content (AvgIpc) is 2.37. The molecule has 0 aliphatic rings. The molecule has 0 amide bonds. The van der Waals surface area contributed by atoms with Crippen LogP contribution in [0.2, 0.25) is 5.02 Å². The Hall–Kier alpha value is -1.45. The minimum absolute atomic E-state index is 0.255. The van der Waals surface area contributed by atoms with Gasteiger partial charge in [-0.25, -0.2) is 4.39 Å². The molecule has 2 aromatic carbocycles. The van der Waals surface area contributed by atoms with Crippen LogP contribution in [0.1, 0.15) is 5.56 Å². The van der Waals surface area contributed by atoms with Crippen molar-refractivity contribution in [1.82, 2.24) is 0 Å². The molecule has 94 valence electrons. The van der Waals surface area contributed by atoms with Crippen LogP contribution in [-0.4, -0.2) is 0 Å². The Kier molecular flexibility index (Phi) is 4.28. The Labute approximate surface area is 114 Å². The molecule has 0 spiro atoms. The number of nitrogens with one attached hydrogen (secondary N) is 1. The summed E-state index contributed by atoms with van der Waals surface area (Å²) in [6, 6.07) is 11.3. The van der Waals surface area contributed by atoms with Crippen LogP contribution in [0.4, 0.5) is 10.1 Å². The van der Waals surface area contributed by atoms with Gasteiger partial charge in [0.05, 0.1) is 10.7 Å². The lowest BCUT2D eigenvalue weighted by atomic mass is 10.2. The number of halogens is 3. The van der Waals surface area contributed by atoms with Gasteiger partial charge in [0.2, 0.25) is 0 Å². The summed E-state index contributed by atoms with van der Waals surface area (Å²) in [5, 5.41) is 0.442. The highest BCUT2D eigenvalue weighted by Crippen LogP contribution is 2.28. The third kappa shape index (κ3) is 3.28. The largest absolute Gasteiger partial charge is 0.487 e. The van der Waals surface area contributed by atoms with Crippen molar-refractivity contribution in [1.29, 1.82) is 0 Å². The fourth-order valence-electron chi connectivity index (χ4n) is 1.46. The fraction of sp³-hybridized carbons (Fsp3) is 0.0769. The normalized spacial score (nSPS) is 10.2. The standard InChI is InChI=1S/C13H10Cl2FNO/c14-12-7-11(17-15)4-5-13(12)18-8-9-2-1-3-10(16)6-9/h1-7,17H,8H2. The summed E-state index contributed by atoms with van der Waals surface area (Å²) in [4.78, 5) is 2.46. The molecular weight excluding hydrogens is 276 g/mol. The summed E-state index contributed by atoms with van der Waals surface area (Å²) in [6.07, 6.45) is 0. The highest BCUT2D eigenvalue weighted by Gasteiger charge is 2.03. The summed E-state index contributed by atoms with van der Waals surface area (Å²) < 4.78 is 18.5. The van der Waals surface area contributed by atoms with Crippen molar-refractivity contribution in [2.45, 2.75) is 6.61 Å². The van der Waals surface area contributed by atoms with Crippen molar-refractivity contribution in [2.24, 2.45) is 0 Å². The van der Waals surface area contributed by atoms with Crippen LogP contribution < -0.4 is 9.57 Å². The molecule has 2 nitrogen and oxygen atoms in total. The summed E-state index contributed by atoms with van der Waals surface area (Å²) in [6.45, 7) is 0.255. The van der Waals surface area contributed by atoms with Crippen molar-refractivity contribution in [3.8, 4) is 5.75 Å². The summed E-state index contributed by atoms with van der Waals surface area (Å²) in [5.74, 6) is 0.237. The Morgan fingerprint density at radius 2 is 2.00 bits per heavy atom. The molecule has 0 aliphatic carbocycles. The van der Waals surface area contributed by atoms with E-state index in [-0.39, 0.29) is 12.4 Å². The molecule has 0 radical (unpaired) electrons. The third-order valence-electron chi connectivity index (χ3n) is 2.32. The minimum atomic E-state index is -0.288. The second kappa shape index (κ2) is 5.94. The van der Waals surface area contributed by atoms with Crippen LogP contribution in [0.15, 0.2) is 42.5 Å². The molecule has 0 saturated carbocycles. The second-order valence-corrected chi connectivity index (χ2v) is 4.25. The maximum Gasteiger partial charge on any atom is 0.138 e. The zero-order chi connectivity index (χ0) is 13.0. The molecule has 0 heterocycles. The van der Waals surface area contributed by atoms with Crippen LogP contribution in [0.3, 0.4) is 0 Å². The lowest BCUT2D eigenvalue weighted by Gasteiger charge is -2.09. The Morgan fingerprint density at radius 1 is 1.17 bits per heavy atom. The summed E-state index contributed by atoms with van der Waals surface area (Å²) in [7, 11) is 0. The summed E-state index contributed by atoms with van der Waals surface area (Å²) in [5.41, 5.74) is 1.42. The molecule has 0 aromatic heterocycles. The van der Waals surface area contributed by atoms with E-state index in [9.17, 15) is 4.39 Å².